The van der Waals surface area contributed by atoms with Crippen molar-refractivity contribution in [1.29, 1.82) is 0 Å². The molecule has 1 aromatic rings. The minimum Gasteiger partial charge on any atom is -0.701 e. The molecule has 1 aromatic carbocycles. The molecule has 0 atom stereocenters. The van der Waals surface area contributed by atoms with Gasteiger partial charge in [0.25, 0.3) is 0 Å². The average molecular weight is 632 g/mol. The van der Waals surface area contributed by atoms with Crippen LogP contribution in [0.15, 0.2) is 23.1 Å². The van der Waals surface area contributed by atoms with Crippen molar-refractivity contribution in [2.45, 2.75) is 11.8 Å². The molecule has 0 unspecified atom stereocenters. The molecule has 0 saturated heterocycles. The van der Waals surface area contributed by atoms with E-state index < -0.39 is 0 Å². The molecule has 0 spiro atoms. The van der Waals surface area contributed by atoms with Gasteiger partial charge in [-0.25, -0.2) is 6.67 Å². The predicted octanol–water partition coefficient (Wildman–Crippen LogP) is 3.39. The molecule has 0 N–H and O–H groups in total. The average Bonchev–Trinajstić information content (AvgIpc) is 2.28. The summed E-state index contributed by atoms with van der Waals surface area (Å²) in [5, 5.41) is 8.57. The molecule has 0 amide bonds. The third kappa shape index (κ3) is 4.61. The van der Waals surface area contributed by atoms with E-state index in [2.05, 4.69) is 35.8 Å². The Hall–Kier alpha value is 2.21. The minimum absolute atomic E-state index is 0. The molecule has 5 heteroatoms. The van der Waals surface area contributed by atoms with Crippen LogP contribution in [-0.2, 0) is 0 Å². The third-order valence-electron chi connectivity index (χ3n) is 1.77. The fourth-order valence-corrected chi connectivity index (χ4v) is 1.90. The molecule has 14 heavy (non-hydrogen) atoms. The van der Waals surface area contributed by atoms with Gasteiger partial charge in [0.15, 0.2) is 0 Å². The molecule has 1 aliphatic rings. The molecule has 0 saturated carbocycles. The zero-order valence-electron chi connectivity index (χ0n) is 8.10. The summed E-state index contributed by atoms with van der Waals surface area (Å²) in [5.41, 5.74) is 2.36. The van der Waals surface area contributed by atoms with Crippen LogP contribution < -0.4 is 0 Å². The number of aryl methyl sites for hydroxylation is 1. The van der Waals surface area contributed by atoms with Gasteiger partial charge in [-0.05, 0) is 17.9 Å². The van der Waals surface area contributed by atoms with Crippen LogP contribution in [0, 0.1) is 95.0 Å². The number of fused-ring (bicyclic) bond motifs is 1. The van der Waals surface area contributed by atoms with Crippen LogP contribution in [0.4, 0.5) is 5.69 Å². The molecule has 0 aromatic heterocycles. The molecule has 2 rings (SSSR count). The Morgan fingerprint density at radius 1 is 1.29 bits per heavy atom. The van der Waals surface area contributed by atoms with E-state index in [1.807, 2.05) is 0 Å². The quantitative estimate of drug-likeness (QED) is 0.432. The Morgan fingerprint density at radius 3 is 2.86 bits per heavy atom. The van der Waals surface area contributed by atoms with Crippen LogP contribution in [0.5, 0.6) is 0 Å². The summed E-state index contributed by atoms with van der Waals surface area (Å²) in [4.78, 5) is 1.25. The van der Waals surface area contributed by atoms with Crippen molar-refractivity contribution in [2.24, 2.45) is 0 Å². The van der Waals surface area contributed by atoms with Crippen molar-refractivity contribution in [3.8, 4) is 0 Å². The van der Waals surface area contributed by atoms with Gasteiger partial charge in [-0.1, -0.05) is 23.6 Å². The first-order chi connectivity index (χ1) is 5.86. The minimum atomic E-state index is 0. The number of rotatable bonds is 0. The second-order valence-corrected chi connectivity index (χ2v) is 3.75. The number of hydrogen-bond donors (Lipinski definition) is 0. The molecule has 70 valence electrons. The summed E-state index contributed by atoms with van der Waals surface area (Å²) >= 11 is 1.76. The number of hydrogen-bond acceptors (Lipinski definition) is 1. The maximum Gasteiger partial charge on any atom is 0 e. The summed E-state index contributed by atoms with van der Waals surface area (Å²) in [7, 11) is 0. The van der Waals surface area contributed by atoms with Crippen LogP contribution in [0.3, 0.4) is 0 Å². The van der Waals surface area contributed by atoms with Crippen molar-refractivity contribution >= 4 is 17.4 Å². The van der Waals surface area contributed by atoms with Crippen LogP contribution in [0.1, 0.15) is 5.56 Å². The Bertz CT molecular complexity index is 294. The van der Waals surface area contributed by atoms with Crippen LogP contribution >= 0.6 is 11.8 Å². The maximum absolute atomic E-state index is 4.36. The molecule has 1 aliphatic heterocycles. The molecule has 1 heterocycles. The predicted molar refractivity (Wildman–Crippen MR) is 53.1 cm³/mol. The summed E-state index contributed by atoms with van der Waals surface area (Å²) < 4.78 is 0. The molecule has 2 radical (unpaired) electrons. The van der Waals surface area contributed by atoms with Gasteiger partial charge in [-0.3, -0.25) is 0 Å². The van der Waals surface area contributed by atoms with Crippen LogP contribution in [0.25, 0.3) is 10.6 Å². The van der Waals surface area contributed by atoms with Crippen LogP contribution in [-0.4, -0.2) is 12.5 Å². The topological polar surface area (TPSA) is 28.2 Å². The maximum atomic E-state index is 4.36. The van der Waals surface area contributed by atoms with E-state index in [0.29, 0.717) is 6.67 Å². The fourth-order valence-electron chi connectivity index (χ4n) is 1.16. The molecular weight excluding hydrogens is 622 g/mol. The Labute approximate surface area is 161 Å². The Morgan fingerprint density at radius 2 is 2.07 bits per heavy atom. The Kier molecular flexibility index (Phi) is 9.64. The zero-order chi connectivity index (χ0) is 8.39. The summed E-state index contributed by atoms with van der Waals surface area (Å²) in [5.74, 6) is 0.833. The Balaban J connectivity index is 0.000000845. The van der Waals surface area contributed by atoms with E-state index in [0.717, 1.165) is 11.6 Å². The van der Waals surface area contributed by atoms with Gasteiger partial charge < -0.3 is 10.6 Å². The van der Waals surface area contributed by atoms with E-state index >= 15 is 0 Å². The van der Waals surface area contributed by atoms with Gasteiger partial charge >= 0.3 is 0 Å². The number of nitrogens with zero attached hydrogens (tertiary/aromatic N) is 2. The first kappa shape index (κ1) is 16.2. The smallest absolute Gasteiger partial charge is 0 e. The molecule has 0 aliphatic carbocycles. The standard InChI is InChI=1S/C9H10N2S.2Ac/c1-7-2-3-9-8(4-7)11-5-10-6-12-9;;/h2-4H,5-6H2,1H3;;/q-2;;. The largest absolute Gasteiger partial charge is 0.701 e. The van der Waals surface area contributed by atoms with E-state index in [9.17, 15) is 0 Å². The normalized spacial score (nSPS) is 13.8. The van der Waals surface area contributed by atoms with E-state index in [1.165, 1.54) is 10.5 Å². The molecule has 2 nitrogen and oxygen atoms in total. The molecular formula is C9H10Ac2N2S-2. The summed E-state index contributed by atoms with van der Waals surface area (Å²) in [6, 6.07) is 6.36. The molecule has 0 fully saturated rings. The van der Waals surface area contributed by atoms with Crippen molar-refractivity contribution in [3.05, 3.63) is 34.4 Å². The number of thioether (sulfide) groups is 1. The summed E-state index contributed by atoms with van der Waals surface area (Å²) in [6.45, 7) is 2.70. The second kappa shape index (κ2) is 8.33. The van der Waals surface area contributed by atoms with Crippen molar-refractivity contribution in [3.63, 3.8) is 0 Å². The first-order valence-corrected chi connectivity index (χ1v) is 4.89. The van der Waals surface area contributed by atoms with E-state index in [4.69, 9.17) is 0 Å². The third-order valence-corrected chi connectivity index (χ3v) is 2.73. The van der Waals surface area contributed by atoms with E-state index in [1.54, 1.807) is 11.8 Å². The van der Waals surface area contributed by atoms with Crippen molar-refractivity contribution in [2.75, 3.05) is 12.5 Å². The molecule has 0 bridgehead atoms. The van der Waals surface area contributed by atoms with Crippen molar-refractivity contribution < 1.29 is 88.1 Å². The second-order valence-electron chi connectivity index (χ2n) is 2.77. The SMILES string of the molecule is Cc1ccc2c(c1)[N-]C[N-]CS2.[Ac].[Ac]. The van der Waals surface area contributed by atoms with Gasteiger partial charge in [0, 0.05) is 88.1 Å². The zero-order valence-corrected chi connectivity index (χ0v) is 18.4. The van der Waals surface area contributed by atoms with Gasteiger partial charge in [0.05, 0.1) is 0 Å². The van der Waals surface area contributed by atoms with E-state index in [-0.39, 0.29) is 88.1 Å². The monoisotopic (exact) mass is 632 g/mol. The first-order valence-electron chi connectivity index (χ1n) is 3.90. The van der Waals surface area contributed by atoms with Gasteiger partial charge in [-0.15, -0.1) is 5.69 Å². The van der Waals surface area contributed by atoms with Crippen LogP contribution in [0.2, 0.25) is 0 Å². The number of benzene rings is 1. The van der Waals surface area contributed by atoms with Gasteiger partial charge in [0.1, 0.15) is 0 Å². The van der Waals surface area contributed by atoms with Crippen molar-refractivity contribution in [1.82, 2.24) is 0 Å². The fraction of sp³-hybridized carbons (Fsp3) is 0.333. The summed E-state index contributed by atoms with van der Waals surface area (Å²) in [6.07, 6.45) is 0. The van der Waals surface area contributed by atoms with Gasteiger partial charge in [0.2, 0.25) is 0 Å². The van der Waals surface area contributed by atoms with Gasteiger partial charge in [-0.2, -0.15) is 11.8 Å².